The Labute approximate surface area is 118 Å². The highest BCUT2D eigenvalue weighted by Crippen LogP contribution is 2.26. The largest absolute Gasteiger partial charge is 0.420 e. The van der Waals surface area contributed by atoms with Gasteiger partial charge in [-0.2, -0.15) is 0 Å². The van der Waals surface area contributed by atoms with Crippen LogP contribution in [-0.4, -0.2) is 30.7 Å². The van der Waals surface area contributed by atoms with E-state index in [9.17, 15) is 4.79 Å². The minimum atomic E-state index is -0.240. The number of anilines is 1. The summed E-state index contributed by atoms with van der Waals surface area (Å²) >= 11 is 0. The summed E-state index contributed by atoms with van der Waals surface area (Å²) in [5.41, 5.74) is 2.76. The Hall–Kier alpha value is -1.75. The number of aromatic nitrogens is 1. The number of nitrogens with one attached hydrogen (secondary N) is 1. The van der Waals surface area contributed by atoms with Gasteiger partial charge in [0.05, 0.1) is 5.69 Å². The number of oxazole rings is 1. The van der Waals surface area contributed by atoms with Crippen LogP contribution in [0.5, 0.6) is 0 Å². The smallest absolute Gasteiger partial charge is 0.408 e. The quantitative estimate of drug-likeness (QED) is 0.924. The van der Waals surface area contributed by atoms with Gasteiger partial charge in [0.25, 0.3) is 0 Å². The first-order valence-electron chi connectivity index (χ1n) is 7.39. The molecule has 1 fully saturated rings. The van der Waals surface area contributed by atoms with E-state index in [4.69, 9.17) is 4.42 Å². The van der Waals surface area contributed by atoms with Crippen molar-refractivity contribution < 1.29 is 4.42 Å². The van der Waals surface area contributed by atoms with Crippen molar-refractivity contribution in [3.05, 3.63) is 28.7 Å². The predicted molar refractivity (Wildman–Crippen MR) is 80.5 cm³/mol. The Morgan fingerprint density at radius 2 is 2.10 bits per heavy atom. The third kappa shape index (κ3) is 2.33. The number of piperazine rings is 1. The maximum Gasteiger partial charge on any atom is 0.420 e. The van der Waals surface area contributed by atoms with Crippen LogP contribution in [0.3, 0.4) is 0 Å². The number of rotatable bonds is 4. The molecule has 0 saturated carbocycles. The first-order valence-corrected chi connectivity index (χ1v) is 7.39. The summed E-state index contributed by atoms with van der Waals surface area (Å²) in [7, 11) is 0. The van der Waals surface area contributed by atoms with Crippen molar-refractivity contribution in [1.29, 1.82) is 0 Å². The van der Waals surface area contributed by atoms with Crippen LogP contribution in [0.1, 0.15) is 19.8 Å². The molecule has 1 aromatic carbocycles. The number of para-hydroxylation sites is 1. The molecule has 0 bridgehead atoms. The van der Waals surface area contributed by atoms with Gasteiger partial charge in [-0.3, -0.25) is 4.57 Å². The average molecular weight is 275 g/mol. The molecule has 108 valence electrons. The van der Waals surface area contributed by atoms with Gasteiger partial charge in [-0.15, -0.1) is 0 Å². The number of hydrogen-bond acceptors (Lipinski definition) is 4. The van der Waals surface area contributed by atoms with Crippen LogP contribution in [0, 0.1) is 0 Å². The monoisotopic (exact) mass is 275 g/mol. The molecule has 5 heteroatoms. The summed E-state index contributed by atoms with van der Waals surface area (Å²) in [5, 5.41) is 3.35. The third-order valence-corrected chi connectivity index (χ3v) is 3.86. The average Bonchev–Trinajstić information content (AvgIpc) is 2.81. The Bertz CT molecular complexity index is 638. The van der Waals surface area contributed by atoms with E-state index in [1.165, 1.54) is 0 Å². The van der Waals surface area contributed by atoms with Gasteiger partial charge in [0.2, 0.25) is 0 Å². The summed E-state index contributed by atoms with van der Waals surface area (Å²) in [6.07, 6.45) is 2.05. The topological polar surface area (TPSA) is 50.4 Å². The fourth-order valence-electron chi connectivity index (χ4n) is 2.79. The van der Waals surface area contributed by atoms with E-state index in [2.05, 4.69) is 23.2 Å². The van der Waals surface area contributed by atoms with E-state index >= 15 is 0 Å². The minimum Gasteiger partial charge on any atom is -0.408 e. The molecule has 3 rings (SSSR count). The van der Waals surface area contributed by atoms with Crippen molar-refractivity contribution in [2.24, 2.45) is 0 Å². The van der Waals surface area contributed by atoms with Crippen molar-refractivity contribution in [3.63, 3.8) is 0 Å². The highest BCUT2D eigenvalue weighted by molar-refractivity contribution is 5.87. The van der Waals surface area contributed by atoms with Gasteiger partial charge in [-0.05, 0) is 18.6 Å². The standard InChI is InChI=1S/C15H21N3O2/c1-2-3-9-18-14-12(17-10-7-16-8-11-17)5-4-6-13(14)20-15(18)19/h4-6,16H,2-3,7-11H2,1H3. The minimum absolute atomic E-state index is 0.240. The normalized spacial score (nSPS) is 15.9. The van der Waals surface area contributed by atoms with E-state index < -0.39 is 0 Å². The molecule has 0 unspecified atom stereocenters. The second-order valence-electron chi connectivity index (χ2n) is 5.23. The van der Waals surface area contributed by atoms with Gasteiger partial charge < -0.3 is 14.6 Å². The highest BCUT2D eigenvalue weighted by atomic mass is 16.4. The van der Waals surface area contributed by atoms with Gasteiger partial charge >= 0.3 is 5.76 Å². The Kier molecular flexibility index (Phi) is 3.78. The van der Waals surface area contributed by atoms with Gasteiger partial charge in [-0.1, -0.05) is 19.4 Å². The number of nitrogens with zero attached hydrogens (tertiary/aromatic N) is 2. The zero-order valence-electron chi connectivity index (χ0n) is 11.9. The number of hydrogen-bond donors (Lipinski definition) is 1. The van der Waals surface area contributed by atoms with Crippen LogP contribution in [0.25, 0.3) is 11.1 Å². The molecule has 0 spiro atoms. The molecular formula is C15H21N3O2. The summed E-state index contributed by atoms with van der Waals surface area (Å²) in [5.74, 6) is -0.240. The zero-order valence-corrected chi connectivity index (χ0v) is 11.9. The molecule has 0 aliphatic carbocycles. The lowest BCUT2D eigenvalue weighted by atomic mass is 10.2. The zero-order chi connectivity index (χ0) is 13.9. The van der Waals surface area contributed by atoms with Crippen LogP contribution in [0.15, 0.2) is 27.4 Å². The lowest BCUT2D eigenvalue weighted by Gasteiger charge is -2.30. The Morgan fingerprint density at radius 3 is 2.85 bits per heavy atom. The number of fused-ring (bicyclic) bond motifs is 1. The molecule has 5 nitrogen and oxygen atoms in total. The Morgan fingerprint density at radius 1 is 1.30 bits per heavy atom. The molecule has 1 aliphatic heterocycles. The molecule has 2 heterocycles. The molecule has 1 aliphatic rings. The van der Waals surface area contributed by atoms with Gasteiger partial charge in [0, 0.05) is 32.7 Å². The SMILES string of the molecule is CCCCn1c(=O)oc2cccc(N3CCNCC3)c21. The summed E-state index contributed by atoms with van der Waals surface area (Å²) in [6, 6.07) is 5.93. The van der Waals surface area contributed by atoms with Crippen molar-refractivity contribution in [3.8, 4) is 0 Å². The maximum absolute atomic E-state index is 12.0. The number of benzene rings is 1. The maximum atomic E-state index is 12.0. The van der Waals surface area contributed by atoms with Crippen molar-refractivity contribution in [2.75, 3.05) is 31.1 Å². The van der Waals surface area contributed by atoms with Crippen LogP contribution < -0.4 is 16.0 Å². The van der Waals surface area contributed by atoms with Crippen molar-refractivity contribution in [1.82, 2.24) is 9.88 Å². The molecule has 0 atom stereocenters. The summed E-state index contributed by atoms with van der Waals surface area (Å²) < 4.78 is 7.18. The number of unbranched alkanes of at least 4 members (excludes halogenated alkanes) is 1. The van der Waals surface area contributed by atoms with E-state index in [0.29, 0.717) is 5.58 Å². The van der Waals surface area contributed by atoms with Crippen LogP contribution in [0.4, 0.5) is 5.69 Å². The van der Waals surface area contributed by atoms with Crippen LogP contribution >= 0.6 is 0 Å². The first-order chi connectivity index (χ1) is 9.81. The van der Waals surface area contributed by atoms with E-state index in [-0.39, 0.29) is 5.76 Å². The van der Waals surface area contributed by atoms with E-state index in [0.717, 1.165) is 56.8 Å². The van der Waals surface area contributed by atoms with Crippen LogP contribution in [-0.2, 0) is 6.54 Å². The van der Waals surface area contributed by atoms with Crippen molar-refractivity contribution >= 4 is 16.8 Å². The van der Waals surface area contributed by atoms with E-state index in [1.807, 2.05) is 12.1 Å². The molecule has 0 radical (unpaired) electrons. The molecular weight excluding hydrogens is 254 g/mol. The lowest BCUT2D eigenvalue weighted by molar-refractivity contribution is 0.496. The first kappa shape index (κ1) is 13.2. The fraction of sp³-hybridized carbons (Fsp3) is 0.533. The molecule has 20 heavy (non-hydrogen) atoms. The summed E-state index contributed by atoms with van der Waals surface area (Å²) in [4.78, 5) is 14.4. The second-order valence-corrected chi connectivity index (χ2v) is 5.23. The fourth-order valence-corrected chi connectivity index (χ4v) is 2.79. The molecule has 0 amide bonds. The van der Waals surface area contributed by atoms with Gasteiger partial charge in [0.1, 0.15) is 5.52 Å². The van der Waals surface area contributed by atoms with Gasteiger partial charge in [-0.25, -0.2) is 4.79 Å². The lowest BCUT2D eigenvalue weighted by Crippen LogP contribution is -2.43. The highest BCUT2D eigenvalue weighted by Gasteiger charge is 2.18. The number of aryl methyl sites for hydroxylation is 1. The predicted octanol–water partition coefficient (Wildman–Crippen LogP) is 1.80. The Balaban J connectivity index is 2.08. The molecule has 1 aromatic heterocycles. The molecule has 1 saturated heterocycles. The molecule has 2 aromatic rings. The van der Waals surface area contributed by atoms with E-state index in [1.54, 1.807) is 4.57 Å². The summed E-state index contributed by atoms with van der Waals surface area (Å²) in [6.45, 7) is 6.75. The third-order valence-electron chi connectivity index (χ3n) is 3.86. The van der Waals surface area contributed by atoms with Crippen molar-refractivity contribution in [2.45, 2.75) is 26.3 Å². The van der Waals surface area contributed by atoms with Gasteiger partial charge in [0.15, 0.2) is 5.58 Å². The second kappa shape index (κ2) is 5.71. The van der Waals surface area contributed by atoms with Crippen LogP contribution in [0.2, 0.25) is 0 Å². The molecule has 1 N–H and O–H groups in total.